The van der Waals surface area contributed by atoms with Gasteiger partial charge in [0, 0.05) is 7.11 Å². The molecular weight excluding hydrogens is 281 g/mol. The number of aliphatic hydroxyl groups is 1. The molecule has 0 fully saturated rings. The average Bonchev–Trinajstić information content (AvgIpc) is 2.46. The second-order valence-electron chi connectivity index (χ2n) is 4.67. The van der Waals surface area contributed by atoms with Crippen LogP contribution in [0.2, 0.25) is 0 Å². The number of hydrogen-bond acceptors (Lipinski definition) is 2. The summed E-state index contributed by atoms with van der Waals surface area (Å²) in [6.07, 6.45) is -5.83. The summed E-state index contributed by atoms with van der Waals surface area (Å²) in [5.74, 6) is 0. The molecule has 0 spiro atoms. The first kappa shape index (κ1) is 15.5. The van der Waals surface area contributed by atoms with Gasteiger partial charge in [0.25, 0.3) is 0 Å². The first-order chi connectivity index (χ1) is 9.93. The Morgan fingerprint density at radius 2 is 1.81 bits per heavy atom. The fourth-order valence-corrected chi connectivity index (χ4v) is 2.19. The molecule has 0 saturated carbocycles. The monoisotopic (exact) mass is 296 g/mol. The number of aliphatic hydroxyl groups excluding tert-OH is 1. The van der Waals surface area contributed by atoms with Gasteiger partial charge in [-0.1, -0.05) is 42.5 Å². The minimum atomic E-state index is -4.50. The third-order valence-electron chi connectivity index (χ3n) is 3.14. The third-order valence-corrected chi connectivity index (χ3v) is 3.14. The van der Waals surface area contributed by atoms with E-state index >= 15 is 0 Å². The summed E-state index contributed by atoms with van der Waals surface area (Å²) in [5, 5.41) is 10.3. The average molecular weight is 296 g/mol. The standard InChI is InChI=1S/C16H15F3O2/c1-21-10-11-5-4-6-12(9-11)15(20)13-7-2-3-8-14(13)16(17,18)19/h2-9,15,20H,10H2,1H3. The minimum Gasteiger partial charge on any atom is -0.384 e. The highest BCUT2D eigenvalue weighted by molar-refractivity contribution is 5.38. The summed E-state index contributed by atoms with van der Waals surface area (Å²) in [4.78, 5) is 0. The molecular formula is C16H15F3O2. The van der Waals surface area contributed by atoms with Crippen molar-refractivity contribution in [3.63, 3.8) is 0 Å². The van der Waals surface area contributed by atoms with Gasteiger partial charge in [-0.15, -0.1) is 0 Å². The Balaban J connectivity index is 2.41. The van der Waals surface area contributed by atoms with Crippen molar-refractivity contribution in [3.8, 4) is 0 Å². The lowest BCUT2D eigenvalue weighted by molar-refractivity contribution is -0.139. The van der Waals surface area contributed by atoms with Crippen LogP contribution >= 0.6 is 0 Å². The van der Waals surface area contributed by atoms with Crippen LogP contribution in [-0.2, 0) is 17.5 Å². The zero-order valence-electron chi connectivity index (χ0n) is 11.4. The number of ether oxygens (including phenoxy) is 1. The summed E-state index contributed by atoms with van der Waals surface area (Å²) in [6.45, 7) is 0.335. The van der Waals surface area contributed by atoms with Crippen LogP contribution in [0.15, 0.2) is 48.5 Å². The fraction of sp³-hybridized carbons (Fsp3) is 0.250. The van der Waals surface area contributed by atoms with Crippen molar-refractivity contribution < 1.29 is 23.0 Å². The maximum Gasteiger partial charge on any atom is 0.416 e. The molecule has 0 aliphatic rings. The Morgan fingerprint density at radius 3 is 2.48 bits per heavy atom. The van der Waals surface area contributed by atoms with Crippen molar-refractivity contribution in [3.05, 3.63) is 70.8 Å². The van der Waals surface area contributed by atoms with Crippen LogP contribution in [0, 0.1) is 0 Å². The van der Waals surface area contributed by atoms with Gasteiger partial charge in [0.1, 0.15) is 6.10 Å². The fourth-order valence-electron chi connectivity index (χ4n) is 2.19. The SMILES string of the molecule is COCc1cccc(C(O)c2ccccc2C(F)(F)F)c1. The number of alkyl halides is 3. The molecule has 5 heteroatoms. The molecule has 1 unspecified atom stereocenters. The van der Waals surface area contributed by atoms with E-state index in [1.807, 2.05) is 0 Å². The number of hydrogen-bond donors (Lipinski definition) is 1. The Hall–Kier alpha value is -1.85. The maximum atomic E-state index is 13.0. The predicted octanol–water partition coefficient (Wildman–Crippen LogP) is 3.93. The van der Waals surface area contributed by atoms with Crippen molar-refractivity contribution in [2.45, 2.75) is 18.9 Å². The molecule has 0 radical (unpaired) electrons. The molecule has 0 aliphatic carbocycles. The summed E-state index contributed by atoms with van der Waals surface area (Å²) in [6, 6.07) is 11.7. The van der Waals surface area contributed by atoms with Crippen molar-refractivity contribution in [1.29, 1.82) is 0 Å². The van der Waals surface area contributed by atoms with Crippen LogP contribution in [0.4, 0.5) is 13.2 Å². The quantitative estimate of drug-likeness (QED) is 0.926. The van der Waals surface area contributed by atoms with Crippen LogP contribution in [0.3, 0.4) is 0 Å². The molecule has 112 valence electrons. The zero-order chi connectivity index (χ0) is 15.5. The van der Waals surface area contributed by atoms with E-state index in [1.54, 1.807) is 24.3 Å². The van der Waals surface area contributed by atoms with E-state index in [0.717, 1.165) is 11.6 Å². The lowest BCUT2D eigenvalue weighted by Gasteiger charge is -2.18. The van der Waals surface area contributed by atoms with Gasteiger partial charge in [0.05, 0.1) is 12.2 Å². The Kier molecular flexibility index (Phi) is 4.65. The van der Waals surface area contributed by atoms with Crippen LogP contribution < -0.4 is 0 Å². The smallest absolute Gasteiger partial charge is 0.384 e. The van der Waals surface area contributed by atoms with Crippen LogP contribution in [0.1, 0.15) is 28.4 Å². The number of halogens is 3. The lowest BCUT2D eigenvalue weighted by atomic mass is 9.95. The molecule has 2 aromatic rings. The summed E-state index contributed by atoms with van der Waals surface area (Å²) < 4.78 is 44.0. The minimum absolute atomic E-state index is 0.153. The van der Waals surface area contributed by atoms with Gasteiger partial charge in [-0.25, -0.2) is 0 Å². The van der Waals surface area contributed by atoms with Crippen LogP contribution in [0.25, 0.3) is 0 Å². The van der Waals surface area contributed by atoms with Crippen molar-refractivity contribution in [1.82, 2.24) is 0 Å². The van der Waals surface area contributed by atoms with Crippen LogP contribution in [-0.4, -0.2) is 12.2 Å². The van der Waals surface area contributed by atoms with E-state index in [-0.39, 0.29) is 5.56 Å². The Bertz CT molecular complexity index is 608. The third kappa shape index (κ3) is 3.62. The Morgan fingerprint density at radius 1 is 1.10 bits per heavy atom. The van der Waals surface area contributed by atoms with E-state index in [9.17, 15) is 18.3 Å². The molecule has 0 saturated heterocycles. The lowest BCUT2D eigenvalue weighted by Crippen LogP contribution is -2.12. The van der Waals surface area contributed by atoms with Crippen LogP contribution in [0.5, 0.6) is 0 Å². The van der Waals surface area contributed by atoms with Gasteiger partial charge in [0.15, 0.2) is 0 Å². The van der Waals surface area contributed by atoms with Gasteiger partial charge in [0.2, 0.25) is 0 Å². The Labute approximate surface area is 120 Å². The molecule has 1 atom stereocenters. The number of benzene rings is 2. The number of methoxy groups -OCH3 is 1. The highest BCUT2D eigenvalue weighted by atomic mass is 19.4. The molecule has 0 aliphatic heterocycles. The largest absolute Gasteiger partial charge is 0.416 e. The van der Waals surface area contributed by atoms with Gasteiger partial charge in [-0.05, 0) is 22.8 Å². The van der Waals surface area contributed by atoms with E-state index in [2.05, 4.69) is 0 Å². The predicted molar refractivity (Wildman–Crippen MR) is 72.7 cm³/mol. The molecule has 21 heavy (non-hydrogen) atoms. The highest BCUT2D eigenvalue weighted by Gasteiger charge is 2.34. The van der Waals surface area contributed by atoms with Crippen molar-refractivity contribution in [2.75, 3.05) is 7.11 Å². The van der Waals surface area contributed by atoms with Crippen molar-refractivity contribution >= 4 is 0 Å². The molecule has 1 N–H and O–H groups in total. The summed E-state index contributed by atoms with van der Waals surface area (Å²) in [7, 11) is 1.53. The summed E-state index contributed by atoms with van der Waals surface area (Å²) >= 11 is 0. The first-order valence-electron chi connectivity index (χ1n) is 6.35. The molecule has 0 aromatic heterocycles. The summed E-state index contributed by atoms with van der Waals surface area (Å²) in [5.41, 5.74) is 0.217. The van der Waals surface area contributed by atoms with Gasteiger partial charge in [-0.2, -0.15) is 13.2 Å². The topological polar surface area (TPSA) is 29.5 Å². The normalized spacial score (nSPS) is 13.2. The van der Waals surface area contributed by atoms with E-state index < -0.39 is 17.8 Å². The van der Waals surface area contributed by atoms with Gasteiger partial charge < -0.3 is 9.84 Å². The van der Waals surface area contributed by atoms with Gasteiger partial charge in [-0.3, -0.25) is 0 Å². The van der Waals surface area contributed by atoms with Gasteiger partial charge >= 0.3 is 6.18 Å². The zero-order valence-corrected chi connectivity index (χ0v) is 11.4. The van der Waals surface area contributed by atoms with E-state index in [1.165, 1.54) is 25.3 Å². The van der Waals surface area contributed by atoms with E-state index in [4.69, 9.17) is 4.74 Å². The molecule has 2 nitrogen and oxygen atoms in total. The highest BCUT2D eigenvalue weighted by Crippen LogP contribution is 2.36. The van der Waals surface area contributed by atoms with E-state index in [0.29, 0.717) is 12.2 Å². The maximum absolute atomic E-state index is 13.0. The first-order valence-corrected chi connectivity index (χ1v) is 6.35. The molecule has 0 heterocycles. The molecule has 2 rings (SSSR count). The molecule has 2 aromatic carbocycles. The second-order valence-corrected chi connectivity index (χ2v) is 4.67. The second kappa shape index (κ2) is 6.28. The van der Waals surface area contributed by atoms with Crippen molar-refractivity contribution in [2.24, 2.45) is 0 Å². The molecule has 0 amide bonds. The molecule has 0 bridgehead atoms. The number of rotatable bonds is 4.